The summed E-state index contributed by atoms with van der Waals surface area (Å²) in [5, 5.41) is 22.7. The zero-order valence-electron chi connectivity index (χ0n) is 15.4. The van der Waals surface area contributed by atoms with Gasteiger partial charge in [-0.15, -0.1) is 0 Å². The summed E-state index contributed by atoms with van der Waals surface area (Å²) < 4.78 is 1.79. The Hall–Kier alpha value is -3.87. The van der Waals surface area contributed by atoms with E-state index in [4.69, 9.17) is 0 Å². The molecule has 7 heteroatoms. The van der Waals surface area contributed by atoms with Crippen molar-refractivity contribution in [1.29, 1.82) is 0 Å². The molecule has 3 aromatic rings. The minimum absolute atomic E-state index is 0.103. The van der Waals surface area contributed by atoms with Crippen LogP contribution in [0.1, 0.15) is 37.7 Å². The zero-order valence-corrected chi connectivity index (χ0v) is 15.4. The van der Waals surface area contributed by atoms with Gasteiger partial charge in [0, 0.05) is 17.0 Å². The van der Waals surface area contributed by atoms with Gasteiger partial charge in [-0.1, -0.05) is 0 Å². The molecule has 0 atom stereocenters. The maximum absolute atomic E-state index is 12.4. The van der Waals surface area contributed by atoms with Gasteiger partial charge in [-0.05, 0) is 74.0 Å². The molecule has 1 heterocycles. The largest absolute Gasteiger partial charge is 0.508 e. The number of phenols is 1. The highest BCUT2D eigenvalue weighted by Gasteiger charge is 2.17. The van der Waals surface area contributed by atoms with E-state index in [0.29, 0.717) is 11.3 Å². The van der Waals surface area contributed by atoms with E-state index in [0.717, 1.165) is 11.4 Å². The van der Waals surface area contributed by atoms with E-state index in [-0.39, 0.29) is 16.9 Å². The smallest absolute Gasteiger partial charge is 0.337 e. The average Bonchev–Trinajstić information content (AvgIpc) is 3.01. The van der Waals surface area contributed by atoms with Crippen molar-refractivity contribution in [2.45, 2.75) is 13.8 Å². The van der Waals surface area contributed by atoms with Gasteiger partial charge in [-0.25, -0.2) is 10.2 Å². The van der Waals surface area contributed by atoms with Crippen molar-refractivity contribution in [3.63, 3.8) is 0 Å². The molecule has 0 aliphatic heterocycles. The minimum atomic E-state index is -1.07. The topological polar surface area (TPSA) is 104 Å². The standard InChI is InChI=1S/C21H19N3O4/c1-13-3-4-14(2)24(13)19-11-16(7-10-18(19)21(27)28)20(26)23-22-12-15-5-8-17(25)9-6-15/h3-12,25H,1-2H3,(H,23,26)(H,27,28). The number of aromatic carboxylic acids is 1. The number of aromatic hydroxyl groups is 1. The summed E-state index contributed by atoms with van der Waals surface area (Å²) in [6.07, 6.45) is 1.45. The number of carbonyl (C=O) groups is 2. The molecular weight excluding hydrogens is 358 g/mol. The number of benzene rings is 2. The molecule has 0 radical (unpaired) electrons. The molecule has 0 saturated heterocycles. The number of carbonyl (C=O) groups excluding carboxylic acids is 1. The van der Waals surface area contributed by atoms with Crippen molar-refractivity contribution in [2.24, 2.45) is 5.10 Å². The molecule has 0 fully saturated rings. The number of hydrogen-bond acceptors (Lipinski definition) is 4. The van der Waals surface area contributed by atoms with Crippen molar-refractivity contribution in [1.82, 2.24) is 9.99 Å². The zero-order chi connectivity index (χ0) is 20.3. The predicted octanol–water partition coefficient (Wildman–Crippen LogP) is 3.26. The van der Waals surface area contributed by atoms with Crippen LogP contribution in [0.5, 0.6) is 5.75 Å². The van der Waals surface area contributed by atoms with E-state index >= 15 is 0 Å². The fourth-order valence-corrected chi connectivity index (χ4v) is 2.88. The van der Waals surface area contributed by atoms with Crippen molar-refractivity contribution < 1.29 is 19.8 Å². The molecule has 2 aromatic carbocycles. The first kappa shape index (κ1) is 18.9. The Morgan fingerprint density at radius 3 is 2.25 bits per heavy atom. The van der Waals surface area contributed by atoms with E-state index in [1.807, 2.05) is 26.0 Å². The minimum Gasteiger partial charge on any atom is -0.508 e. The first-order valence-corrected chi connectivity index (χ1v) is 8.52. The van der Waals surface area contributed by atoms with Gasteiger partial charge in [0.25, 0.3) is 5.91 Å². The molecule has 0 saturated carbocycles. The lowest BCUT2D eigenvalue weighted by Gasteiger charge is -2.14. The van der Waals surface area contributed by atoms with E-state index in [2.05, 4.69) is 10.5 Å². The van der Waals surface area contributed by atoms with Gasteiger partial charge < -0.3 is 14.8 Å². The van der Waals surface area contributed by atoms with E-state index < -0.39 is 11.9 Å². The van der Waals surface area contributed by atoms with Crippen LogP contribution in [0, 0.1) is 13.8 Å². The molecule has 0 bridgehead atoms. The molecule has 0 unspecified atom stereocenters. The molecule has 0 aliphatic carbocycles. The number of phenolic OH excluding ortho intramolecular Hbond substituents is 1. The van der Waals surface area contributed by atoms with Crippen LogP contribution >= 0.6 is 0 Å². The molecule has 0 aliphatic rings. The Morgan fingerprint density at radius 2 is 1.64 bits per heavy atom. The summed E-state index contributed by atoms with van der Waals surface area (Å²) in [6.45, 7) is 3.74. The van der Waals surface area contributed by atoms with Crippen LogP contribution in [-0.4, -0.2) is 32.9 Å². The average molecular weight is 377 g/mol. The van der Waals surface area contributed by atoms with Crippen LogP contribution in [0.4, 0.5) is 0 Å². The number of rotatable bonds is 5. The summed E-state index contributed by atoms with van der Waals surface area (Å²) in [4.78, 5) is 24.1. The third kappa shape index (κ3) is 3.93. The van der Waals surface area contributed by atoms with Gasteiger partial charge in [0.2, 0.25) is 0 Å². The highest BCUT2D eigenvalue weighted by atomic mass is 16.4. The van der Waals surface area contributed by atoms with E-state index in [1.165, 1.54) is 36.5 Å². The van der Waals surface area contributed by atoms with Crippen LogP contribution < -0.4 is 5.43 Å². The summed E-state index contributed by atoms with van der Waals surface area (Å²) in [5.74, 6) is -1.39. The number of nitrogens with one attached hydrogen (secondary N) is 1. The first-order chi connectivity index (χ1) is 13.4. The lowest BCUT2D eigenvalue weighted by molar-refractivity contribution is 0.0696. The van der Waals surface area contributed by atoms with E-state index in [9.17, 15) is 19.8 Å². The molecule has 1 amide bonds. The number of carboxylic acids is 1. The van der Waals surface area contributed by atoms with Gasteiger partial charge in [0.1, 0.15) is 5.75 Å². The quantitative estimate of drug-likeness (QED) is 0.469. The van der Waals surface area contributed by atoms with Crippen LogP contribution in [0.3, 0.4) is 0 Å². The van der Waals surface area contributed by atoms with Crippen LogP contribution in [0.25, 0.3) is 5.69 Å². The Balaban J connectivity index is 1.88. The van der Waals surface area contributed by atoms with E-state index in [1.54, 1.807) is 16.7 Å². The van der Waals surface area contributed by atoms with Gasteiger partial charge in [0.15, 0.2) is 0 Å². The fraction of sp³-hybridized carbons (Fsp3) is 0.0952. The van der Waals surface area contributed by atoms with Gasteiger partial charge in [-0.2, -0.15) is 5.10 Å². The number of aromatic nitrogens is 1. The predicted molar refractivity (Wildman–Crippen MR) is 105 cm³/mol. The lowest BCUT2D eigenvalue weighted by Crippen LogP contribution is -2.19. The number of aryl methyl sites for hydroxylation is 2. The Labute approximate surface area is 161 Å². The van der Waals surface area contributed by atoms with Crippen molar-refractivity contribution >= 4 is 18.1 Å². The fourth-order valence-electron chi connectivity index (χ4n) is 2.88. The number of hydrogen-bond donors (Lipinski definition) is 3. The molecule has 0 spiro atoms. The SMILES string of the molecule is Cc1ccc(C)n1-c1cc(C(=O)NN=Cc2ccc(O)cc2)ccc1C(=O)O. The lowest BCUT2D eigenvalue weighted by atomic mass is 10.1. The Kier molecular flexibility index (Phi) is 5.26. The molecule has 3 N–H and O–H groups in total. The number of hydrazone groups is 1. The molecule has 142 valence electrons. The van der Waals surface area contributed by atoms with Crippen molar-refractivity contribution in [2.75, 3.05) is 0 Å². The maximum atomic E-state index is 12.4. The second-order valence-electron chi connectivity index (χ2n) is 6.28. The summed E-state index contributed by atoms with van der Waals surface area (Å²) in [5.41, 5.74) is 5.67. The Bertz CT molecular complexity index is 1050. The monoisotopic (exact) mass is 377 g/mol. The van der Waals surface area contributed by atoms with Gasteiger partial charge in [0.05, 0.1) is 17.5 Å². The summed E-state index contributed by atoms with van der Waals surface area (Å²) in [6, 6.07) is 14.5. The van der Waals surface area contributed by atoms with Crippen molar-refractivity contribution in [3.8, 4) is 11.4 Å². The normalized spacial score (nSPS) is 10.9. The number of nitrogens with zero attached hydrogens (tertiary/aromatic N) is 2. The maximum Gasteiger partial charge on any atom is 0.337 e. The molecular formula is C21H19N3O4. The van der Waals surface area contributed by atoms with Crippen LogP contribution in [0.15, 0.2) is 59.7 Å². The molecule has 1 aromatic heterocycles. The van der Waals surface area contributed by atoms with Crippen LogP contribution in [-0.2, 0) is 0 Å². The Morgan fingerprint density at radius 1 is 1.00 bits per heavy atom. The summed E-state index contributed by atoms with van der Waals surface area (Å²) in [7, 11) is 0. The number of amides is 1. The first-order valence-electron chi connectivity index (χ1n) is 8.52. The van der Waals surface area contributed by atoms with Crippen LogP contribution in [0.2, 0.25) is 0 Å². The highest BCUT2D eigenvalue weighted by Crippen LogP contribution is 2.22. The second-order valence-corrected chi connectivity index (χ2v) is 6.28. The molecule has 3 rings (SSSR count). The number of carboxylic acid groups (broad SMARTS) is 1. The highest BCUT2D eigenvalue weighted by molar-refractivity contribution is 5.98. The van der Waals surface area contributed by atoms with Gasteiger partial charge >= 0.3 is 5.97 Å². The molecule has 7 nitrogen and oxygen atoms in total. The van der Waals surface area contributed by atoms with Gasteiger partial charge in [-0.3, -0.25) is 4.79 Å². The summed E-state index contributed by atoms with van der Waals surface area (Å²) >= 11 is 0. The van der Waals surface area contributed by atoms with Crippen molar-refractivity contribution in [3.05, 3.63) is 82.7 Å². The third-order valence-corrected chi connectivity index (χ3v) is 4.28. The third-order valence-electron chi connectivity index (χ3n) is 4.28. The second kappa shape index (κ2) is 7.79. The molecule has 28 heavy (non-hydrogen) atoms.